The molecule has 3 aromatic rings. The van der Waals surface area contributed by atoms with Crippen LogP contribution in [0.4, 0.5) is 0 Å². The molecule has 1 saturated heterocycles. The molecule has 30 heavy (non-hydrogen) atoms. The molecule has 0 spiro atoms. The minimum Gasteiger partial charge on any atom is -0.470 e. The number of rotatable bonds is 4. The van der Waals surface area contributed by atoms with Gasteiger partial charge in [-0.1, -0.05) is 6.07 Å². The fraction of sp³-hybridized carbons (Fsp3) is 0.333. The van der Waals surface area contributed by atoms with Gasteiger partial charge in [-0.2, -0.15) is 4.31 Å². The van der Waals surface area contributed by atoms with Crippen LogP contribution in [0.3, 0.4) is 0 Å². The van der Waals surface area contributed by atoms with Crippen LogP contribution in [0.25, 0.3) is 0 Å². The normalized spacial score (nSPS) is 23.4. The monoisotopic (exact) mass is 442 g/mol. The first-order chi connectivity index (χ1) is 14.5. The molecule has 2 atom stereocenters. The maximum atomic E-state index is 13.6. The van der Waals surface area contributed by atoms with Gasteiger partial charge >= 0.3 is 0 Å². The minimum absolute atomic E-state index is 0.121. The van der Waals surface area contributed by atoms with E-state index in [1.54, 1.807) is 40.2 Å². The van der Waals surface area contributed by atoms with Crippen LogP contribution < -0.4 is 4.74 Å². The van der Waals surface area contributed by atoms with Crippen LogP contribution in [0.2, 0.25) is 0 Å². The van der Waals surface area contributed by atoms with Crippen LogP contribution in [0.15, 0.2) is 59.1 Å². The van der Waals surface area contributed by atoms with E-state index < -0.39 is 10.0 Å². The van der Waals surface area contributed by atoms with Gasteiger partial charge in [-0.3, -0.25) is 9.88 Å². The molecule has 0 N–H and O–H groups in total. The highest BCUT2D eigenvalue weighted by molar-refractivity contribution is 7.89. The fourth-order valence-corrected chi connectivity index (χ4v) is 6.72. The summed E-state index contributed by atoms with van der Waals surface area (Å²) in [6.07, 6.45) is 2.96. The van der Waals surface area contributed by atoms with Gasteiger partial charge in [0.15, 0.2) is 0 Å². The molecule has 2 aliphatic heterocycles. The zero-order chi connectivity index (χ0) is 20.7. The Hall–Kier alpha value is -2.33. The van der Waals surface area contributed by atoms with Crippen molar-refractivity contribution in [3.63, 3.8) is 0 Å². The second-order valence-electron chi connectivity index (χ2n) is 7.62. The van der Waals surface area contributed by atoms with E-state index in [1.807, 2.05) is 18.2 Å². The lowest BCUT2D eigenvalue weighted by atomic mass is 10.2. The van der Waals surface area contributed by atoms with Crippen molar-refractivity contribution in [3.05, 3.63) is 70.3 Å². The van der Waals surface area contributed by atoms with E-state index in [9.17, 15) is 8.42 Å². The molecule has 2 aliphatic rings. The largest absolute Gasteiger partial charge is 0.470 e. The fourth-order valence-electron chi connectivity index (χ4n) is 4.09. The Morgan fingerprint density at radius 2 is 1.97 bits per heavy atom. The molecule has 1 fully saturated rings. The van der Waals surface area contributed by atoms with Gasteiger partial charge < -0.3 is 4.74 Å². The Morgan fingerprint density at radius 3 is 2.73 bits per heavy atom. The standard InChI is InChI=1S/C21H22N4O3S2/c1-15-7-10-29-19(15)14-24-12-17-18(13-24)28-21-20(6-4-9-23-21)30(26,27)25(17)11-16-5-2-3-8-22-16/h2-10,17-18H,11-14H2,1H3/t17-,18-/m0/s1. The number of pyridine rings is 2. The van der Waals surface area contributed by atoms with E-state index in [0.29, 0.717) is 18.8 Å². The first kappa shape index (κ1) is 19.6. The van der Waals surface area contributed by atoms with Crippen molar-refractivity contribution in [1.29, 1.82) is 0 Å². The number of sulfonamides is 1. The third-order valence-corrected chi connectivity index (χ3v) is 8.54. The highest BCUT2D eigenvalue weighted by Crippen LogP contribution is 2.36. The van der Waals surface area contributed by atoms with Gasteiger partial charge in [0.2, 0.25) is 15.9 Å². The van der Waals surface area contributed by atoms with Gasteiger partial charge in [0.1, 0.15) is 11.0 Å². The van der Waals surface area contributed by atoms with Crippen molar-refractivity contribution in [2.75, 3.05) is 13.1 Å². The smallest absolute Gasteiger partial charge is 0.249 e. The molecule has 5 rings (SSSR count). The van der Waals surface area contributed by atoms with E-state index in [4.69, 9.17) is 4.74 Å². The van der Waals surface area contributed by atoms with E-state index in [0.717, 1.165) is 6.54 Å². The number of thiophene rings is 1. The quantitative estimate of drug-likeness (QED) is 0.618. The summed E-state index contributed by atoms with van der Waals surface area (Å²) in [7, 11) is -3.78. The van der Waals surface area contributed by atoms with Crippen LogP contribution in [-0.4, -0.2) is 52.8 Å². The van der Waals surface area contributed by atoms with Gasteiger partial charge in [-0.15, -0.1) is 11.3 Å². The van der Waals surface area contributed by atoms with Crippen LogP contribution >= 0.6 is 11.3 Å². The Morgan fingerprint density at radius 1 is 1.10 bits per heavy atom. The number of ether oxygens (including phenoxy) is 1. The number of nitrogens with zero attached hydrogens (tertiary/aromatic N) is 4. The number of aryl methyl sites for hydroxylation is 1. The third kappa shape index (κ3) is 3.51. The summed E-state index contributed by atoms with van der Waals surface area (Å²) < 4.78 is 34.9. The second kappa shape index (κ2) is 7.73. The molecular weight excluding hydrogens is 420 g/mol. The SMILES string of the molecule is Cc1ccsc1CN1C[C@@H]2Oc3ncccc3S(=O)(=O)N(Cc3ccccn3)[C@H]2C1. The molecule has 0 bridgehead atoms. The van der Waals surface area contributed by atoms with Crippen LogP contribution in [0.5, 0.6) is 5.88 Å². The molecule has 0 saturated carbocycles. The van der Waals surface area contributed by atoms with Crippen molar-refractivity contribution < 1.29 is 13.2 Å². The van der Waals surface area contributed by atoms with Crippen LogP contribution in [0, 0.1) is 6.92 Å². The number of likely N-dealkylation sites (tertiary alicyclic amines) is 1. The molecule has 9 heteroatoms. The topological polar surface area (TPSA) is 75.6 Å². The van der Waals surface area contributed by atoms with E-state index in [2.05, 4.69) is 33.2 Å². The molecule has 5 heterocycles. The highest BCUT2D eigenvalue weighted by Gasteiger charge is 2.47. The Labute approximate surface area is 180 Å². The number of aromatic nitrogens is 2. The van der Waals surface area contributed by atoms with Gasteiger partial charge in [0.25, 0.3) is 0 Å². The third-order valence-electron chi connectivity index (χ3n) is 5.65. The van der Waals surface area contributed by atoms with Gasteiger partial charge in [-0.25, -0.2) is 13.4 Å². The summed E-state index contributed by atoms with van der Waals surface area (Å²) in [5, 5.41) is 2.09. The highest BCUT2D eigenvalue weighted by atomic mass is 32.2. The Bertz CT molecular complexity index is 1150. The molecule has 0 aromatic carbocycles. The lowest BCUT2D eigenvalue weighted by molar-refractivity contribution is 0.143. The van der Waals surface area contributed by atoms with Crippen molar-refractivity contribution in [1.82, 2.24) is 19.2 Å². The minimum atomic E-state index is -3.78. The van der Waals surface area contributed by atoms with Crippen LogP contribution in [-0.2, 0) is 23.1 Å². The average Bonchev–Trinajstić information content (AvgIpc) is 3.31. The molecule has 0 radical (unpaired) electrons. The number of fused-ring (bicyclic) bond motifs is 2. The number of hydrogen-bond donors (Lipinski definition) is 0. The zero-order valence-corrected chi connectivity index (χ0v) is 18.1. The van der Waals surface area contributed by atoms with Crippen LogP contribution in [0.1, 0.15) is 16.1 Å². The molecule has 7 nitrogen and oxygen atoms in total. The first-order valence-electron chi connectivity index (χ1n) is 9.81. The summed E-state index contributed by atoms with van der Waals surface area (Å²) in [4.78, 5) is 12.3. The van der Waals surface area contributed by atoms with Gasteiger partial charge in [-0.05, 0) is 48.2 Å². The summed E-state index contributed by atoms with van der Waals surface area (Å²) in [6.45, 7) is 4.34. The first-order valence-corrected chi connectivity index (χ1v) is 12.1. The summed E-state index contributed by atoms with van der Waals surface area (Å²) >= 11 is 1.73. The van der Waals surface area contributed by atoms with Gasteiger partial charge in [0.05, 0.1) is 18.3 Å². The Balaban J connectivity index is 1.51. The lowest BCUT2D eigenvalue weighted by Gasteiger charge is -2.27. The summed E-state index contributed by atoms with van der Waals surface area (Å²) in [5.41, 5.74) is 1.97. The van der Waals surface area contributed by atoms with Crippen molar-refractivity contribution in [2.24, 2.45) is 0 Å². The van der Waals surface area contributed by atoms with E-state index in [1.165, 1.54) is 10.4 Å². The maximum absolute atomic E-state index is 13.6. The molecule has 3 aromatic heterocycles. The lowest BCUT2D eigenvalue weighted by Crippen LogP contribution is -2.46. The predicted molar refractivity (Wildman–Crippen MR) is 114 cm³/mol. The van der Waals surface area contributed by atoms with Crippen molar-refractivity contribution in [3.8, 4) is 5.88 Å². The van der Waals surface area contributed by atoms with Gasteiger partial charge in [0, 0.05) is 36.9 Å². The molecule has 0 unspecified atom stereocenters. The molecule has 0 amide bonds. The number of hydrogen-bond acceptors (Lipinski definition) is 7. The molecule has 156 valence electrons. The van der Waals surface area contributed by atoms with Crippen molar-refractivity contribution in [2.45, 2.75) is 37.1 Å². The summed E-state index contributed by atoms with van der Waals surface area (Å²) in [5.74, 6) is 0.185. The van der Waals surface area contributed by atoms with E-state index >= 15 is 0 Å². The van der Waals surface area contributed by atoms with E-state index in [-0.39, 0.29) is 29.5 Å². The molecular formula is C21H22N4O3S2. The predicted octanol–water partition coefficient (Wildman–Crippen LogP) is 2.68. The summed E-state index contributed by atoms with van der Waals surface area (Å²) in [6, 6.07) is 10.5. The Kier molecular flexibility index (Phi) is 5.06. The zero-order valence-electron chi connectivity index (χ0n) is 16.5. The maximum Gasteiger partial charge on any atom is 0.249 e. The second-order valence-corrected chi connectivity index (χ2v) is 10.5. The molecule has 0 aliphatic carbocycles. The van der Waals surface area contributed by atoms with Crippen molar-refractivity contribution >= 4 is 21.4 Å². The average molecular weight is 443 g/mol.